The molecule has 1 unspecified atom stereocenters. The quantitative estimate of drug-likeness (QED) is 0.614. The average Bonchev–Trinajstić information content (AvgIpc) is 2.69. The first-order valence-corrected chi connectivity index (χ1v) is 4.11. The van der Waals surface area contributed by atoms with Crippen molar-refractivity contribution in [2.75, 3.05) is 6.61 Å². The monoisotopic (exact) mass is 143 g/mol. The van der Waals surface area contributed by atoms with E-state index in [9.17, 15) is 0 Å². The molecule has 60 valence electrons. The molecule has 0 aromatic carbocycles. The van der Waals surface area contributed by atoms with Crippen molar-refractivity contribution in [1.82, 2.24) is 0 Å². The van der Waals surface area contributed by atoms with Gasteiger partial charge in [-0.05, 0) is 24.7 Å². The van der Waals surface area contributed by atoms with Crippen LogP contribution in [0.4, 0.5) is 0 Å². The van der Waals surface area contributed by atoms with Crippen LogP contribution in [0.25, 0.3) is 0 Å². The van der Waals surface area contributed by atoms with Crippen LogP contribution in [0, 0.1) is 5.41 Å². The Hall–Kier alpha value is -0.0800. The van der Waals surface area contributed by atoms with E-state index in [2.05, 4.69) is 6.92 Å². The molecule has 0 heterocycles. The zero-order valence-corrected chi connectivity index (χ0v) is 6.64. The lowest BCUT2D eigenvalue weighted by atomic mass is 9.93. The van der Waals surface area contributed by atoms with Crippen molar-refractivity contribution in [3.05, 3.63) is 0 Å². The molecular formula is C8H17NO. The molecule has 0 spiro atoms. The maximum Gasteiger partial charge on any atom is 0.0587 e. The second-order valence-corrected chi connectivity index (χ2v) is 3.40. The van der Waals surface area contributed by atoms with E-state index in [1.807, 2.05) is 0 Å². The molecule has 1 rings (SSSR count). The predicted molar refractivity (Wildman–Crippen MR) is 41.6 cm³/mol. The molecule has 1 saturated carbocycles. The second-order valence-electron chi connectivity index (χ2n) is 3.40. The molecule has 2 heteroatoms. The molecule has 0 aromatic rings. The SMILES string of the molecule is CCCC1(C(N)CO)CC1. The predicted octanol–water partition coefficient (Wildman–Crippen LogP) is 0.886. The highest BCUT2D eigenvalue weighted by Crippen LogP contribution is 2.51. The lowest BCUT2D eigenvalue weighted by Gasteiger charge is -2.19. The minimum Gasteiger partial charge on any atom is -0.395 e. The molecule has 1 aliphatic rings. The van der Waals surface area contributed by atoms with Crippen LogP contribution < -0.4 is 5.73 Å². The Kier molecular flexibility index (Phi) is 2.32. The molecule has 2 nitrogen and oxygen atoms in total. The second kappa shape index (κ2) is 2.89. The number of nitrogens with two attached hydrogens (primary N) is 1. The van der Waals surface area contributed by atoms with Gasteiger partial charge in [0.05, 0.1) is 6.61 Å². The van der Waals surface area contributed by atoms with Crippen LogP contribution in [0.15, 0.2) is 0 Å². The first-order valence-electron chi connectivity index (χ1n) is 4.11. The summed E-state index contributed by atoms with van der Waals surface area (Å²) < 4.78 is 0. The fourth-order valence-corrected chi connectivity index (χ4v) is 1.66. The molecule has 0 aliphatic heterocycles. The topological polar surface area (TPSA) is 46.2 Å². The standard InChI is InChI=1S/C8H17NO/c1-2-3-8(4-5-8)7(9)6-10/h7,10H,2-6,9H2,1H3. The fraction of sp³-hybridized carbons (Fsp3) is 1.00. The van der Waals surface area contributed by atoms with Gasteiger partial charge in [-0.2, -0.15) is 0 Å². The Bertz CT molecular complexity index is 110. The molecule has 10 heavy (non-hydrogen) atoms. The minimum atomic E-state index is 0.0347. The number of hydrogen-bond donors (Lipinski definition) is 2. The summed E-state index contributed by atoms with van der Waals surface area (Å²) in [6, 6.07) is 0.0347. The number of aliphatic hydroxyl groups is 1. The van der Waals surface area contributed by atoms with Crippen molar-refractivity contribution in [3.63, 3.8) is 0 Å². The van der Waals surface area contributed by atoms with Crippen LogP contribution in [-0.4, -0.2) is 17.8 Å². The minimum absolute atomic E-state index is 0.0347. The van der Waals surface area contributed by atoms with Gasteiger partial charge in [0.25, 0.3) is 0 Å². The van der Waals surface area contributed by atoms with Crippen molar-refractivity contribution in [2.45, 2.75) is 38.6 Å². The van der Waals surface area contributed by atoms with Crippen molar-refractivity contribution < 1.29 is 5.11 Å². The zero-order valence-electron chi connectivity index (χ0n) is 6.64. The fourth-order valence-electron chi connectivity index (χ4n) is 1.66. The van der Waals surface area contributed by atoms with E-state index in [0.717, 1.165) is 0 Å². The van der Waals surface area contributed by atoms with Gasteiger partial charge in [-0.3, -0.25) is 0 Å². The molecule has 0 aromatic heterocycles. The van der Waals surface area contributed by atoms with Gasteiger partial charge in [-0.1, -0.05) is 13.3 Å². The van der Waals surface area contributed by atoms with E-state index < -0.39 is 0 Å². The summed E-state index contributed by atoms with van der Waals surface area (Å²) in [5.74, 6) is 0. The first-order chi connectivity index (χ1) is 4.75. The summed E-state index contributed by atoms with van der Waals surface area (Å²) >= 11 is 0. The van der Waals surface area contributed by atoms with E-state index >= 15 is 0 Å². The lowest BCUT2D eigenvalue weighted by Crippen LogP contribution is -2.35. The zero-order chi connectivity index (χ0) is 7.61. The number of aliphatic hydroxyl groups excluding tert-OH is 1. The molecular weight excluding hydrogens is 126 g/mol. The van der Waals surface area contributed by atoms with Gasteiger partial charge in [0, 0.05) is 6.04 Å². The maximum absolute atomic E-state index is 8.81. The molecule has 0 bridgehead atoms. The molecule has 0 amide bonds. The van der Waals surface area contributed by atoms with E-state index in [1.165, 1.54) is 25.7 Å². The van der Waals surface area contributed by atoms with Crippen molar-refractivity contribution in [1.29, 1.82) is 0 Å². The van der Waals surface area contributed by atoms with Gasteiger partial charge in [-0.15, -0.1) is 0 Å². The van der Waals surface area contributed by atoms with Crippen LogP contribution in [0.1, 0.15) is 32.6 Å². The first kappa shape index (κ1) is 8.02. The van der Waals surface area contributed by atoms with Gasteiger partial charge in [0.2, 0.25) is 0 Å². The van der Waals surface area contributed by atoms with Crippen molar-refractivity contribution in [2.24, 2.45) is 11.1 Å². The Morgan fingerprint density at radius 1 is 1.60 bits per heavy atom. The maximum atomic E-state index is 8.81. The molecule has 0 saturated heterocycles. The van der Waals surface area contributed by atoms with Gasteiger partial charge < -0.3 is 10.8 Å². The Morgan fingerprint density at radius 3 is 2.50 bits per heavy atom. The van der Waals surface area contributed by atoms with E-state index in [-0.39, 0.29) is 12.6 Å². The van der Waals surface area contributed by atoms with E-state index in [4.69, 9.17) is 10.8 Å². The average molecular weight is 143 g/mol. The highest BCUT2D eigenvalue weighted by molar-refractivity contribution is 5.00. The number of hydrogen-bond acceptors (Lipinski definition) is 2. The third-order valence-corrected chi connectivity index (χ3v) is 2.62. The van der Waals surface area contributed by atoms with Crippen LogP contribution >= 0.6 is 0 Å². The summed E-state index contributed by atoms with van der Waals surface area (Å²) in [7, 11) is 0. The summed E-state index contributed by atoms with van der Waals surface area (Å²) in [6.07, 6.45) is 4.83. The van der Waals surface area contributed by atoms with Gasteiger partial charge in [0.15, 0.2) is 0 Å². The van der Waals surface area contributed by atoms with Crippen LogP contribution in [0.2, 0.25) is 0 Å². The van der Waals surface area contributed by atoms with E-state index in [0.29, 0.717) is 5.41 Å². The summed E-state index contributed by atoms with van der Waals surface area (Å²) in [6.45, 7) is 2.32. The largest absolute Gasteiger partial charge is 0.395 e. The number of rotatable bonds is 4. The van der Waals surface area contributed by atoms with Crippen LogP contribution in [-0.2, 0) is 0 Å². The van der Waals surface area contributed by atoms with Gasteiger partial charge in [-0.25, -0.2) is 0 Å². The molecule has 0 radical (unpaired) electrons. The molecule has 1 atom stereocenters. The summed E-state index contributed by atoms with van der Waals surface area (Å²) in [5.41, 5.74) is 6.09. The Balaban J connectivity index is 2.35. The Labute approximate surface area is 62.4 Å². The van der Waals surface area contributed by atoms with Gasteiger partial charge in [0.1, 0.15) is 0 Å². The molecule has 3 N–H and O–H groups in total. The molecule has 1 aliphatic carbocycles. The molecule has 1 fully saturated rings. The van der Waals surface area contributed by atoms with Crippen LogP contribution in [0.3, 0.4) is 0 Å². The van der Waals surface area contributed by atoms with Crippen LogP contribution in [0.5, 0.6) is 0 Å². The summed E-state index contributed by atoms with van der Waals surface area (Å²) in [5, 5.41) is 8.81. The highest BCUT2D eigenvalue weighted by atomic mass is 16.3. The van der Waals surface area contributed by atoms with Crippen molar-refractivity contribution in [3.8, 4) is 0 Å². The Morgan fingerprint density at radius 2 is 2.20 bits per heavy atom. The normalized spacial score (nSPS) is 24.3. The van der Waals surface area contributed by atoms with Crippen molar-refractivity contribution >= 4 is 0 Å². The third kappa shape index (κ3) is 1.32. The lowest BCUT2D eigenvalue weighted by molar-refractivity contribution is 0.208. The van der Waals surface area contributed by atoms with Gasteiger partial charge >= 0.3 is 0 Å². The highest BCUT2D eigenvalue weighted by Gasteiger charge is 2.46. The smallest absolute Gasteiger partial charge is 0.0587 e. The third-order valence-electron chi connectivity index (χ3n) is 2.62. The summed E-state index contributed by atoms with van der Waals surface area (Å²) in [4.78, 5) is 0. The van der Waals surface area contributed by atoms with E-state index in [1.54, 1.807) is 0 Å².